The molecule has 2 nitrogen and oxygen atoms in total. The van der Waals surface area contributed by atoms with Crippen LogP contribution in [-0.2, 0) is 0 Å². The van der Waals surface area contributed by atoms with E-state index in [-0.39, 0.29) is 13.3 Å². The number of carbonyl (C=O) groups excluding carboxylic acids is 1. The van der Waals surface area contributed by atoms with E-state index in [1.807, 2.05) is 18.2 Å². The lowest BCUT2D eigenvalue weighted by Crippen LogP contribution is -2.17. The standard InChI is InChI=1S/C22H27NO.CH4/c1-13-8-9-20(22(24)23-7)12-19(13)10-11-21-17(5)15(3)14(2)16(4)18(21)6;/h8-12H,1-7H3,(H,23,24);1H4/b11-10+;. The first-order chi connectivity index (χ1) is 11.3. The lowest BCUT2D eigenvalue weighted by Gasteiger charge is -2.16. The van der Waals surface area contributed by atoms with Gasteiger partial charge in [-0.25, -0.2) is 0 Å². The fraction of sp³-hybridized carbons (Fsp3) is 0.348. The first-order valence-corrected chi connectivity index (χ1v) is 8.35. The molecular weight excluding hydrogens is 306 g/mol. The molecule has 0 spiro atoms. The maximum absolute atomic E-state index is 11.9. The number of rotatable bonds is 3. The van der Waals surface area contributed by atoms with E-state index in [9.17, 15) is 4.79 Å². The van der Waals surface area contributed by atoms with E-state index in [2.05, 4.69) is 59.0 Å². The maximum atomic E-state index is 11.9. The Morgan fingerprint density at radius 3 is 1.88 bits per heavy atom. The van der Waals surface area contributed by atoms with Crippen molar-refractivity contribution in [3.05, 3.63) is 68.3 Å². The van der Waals surface area contributed by atoms with Crippen LogP contribution in [0.4, 0.5) is 0 Å². The molecule has 0 heterocycles. The Morgan fingerprint density at radius 2 is 1.36 bits per heavy atom. The van der Waals surface area contributed by atoms with Crippen LogP contribution >= 0.6 is 0 Å². The summed E-state index contributed by atoms with van der Waals surface area (Å²) in [6.45, 7) is 13.0. The second-order valence-electron chi connectivity index (χ2n) is 6.52. The molecule has 0 fully saturated rings. The van der Waals surface area contributed by atoms with Gasteiger partial charge in [-0.15, -0.1) is 0 Å². The fourth-order valence-electron chi connectivity index (χ4n) is 3.06. The molecular formula is C23H31NO. The lowest BCUT2D eigenvalue weighted by molar-refractivity contribution is 0.0963. The predicted octanol–water partition coefficient (Wildman–Crippen LogP) is 5.70. The normalized spacial score (nSPS) is 10.7. The highest BCUT2D eigenvalue weighted by Crippen LogP contribution is 2.28. The van der Waals surface area contributed by atoms with Gasteiger partial charge in [-0.3, -0.25) is 4.79 Å². The summed E-state index contributed by atoms with van der Waals surface area (Å²) in [4.78, 5) is 11.9. The summed E-state index contributed by atoms with van der Waals surface area (Å²) in [5.41, 5.74) is 10.9. The van der Waals surface area contributed by atoms with Crippen LogP contribution in [0.3, 0.4) is 0 Å². The first kappa shape index (κ1) is 20.7. The third-order valence-corrected chi connectivity index (χ3v) is 5.26. The first-order valence-electron chi connectivity index (χ1n) is 8.35. The smallest absolute Gasteiger partial charge is 0.251 e. The number of hydrogen-bond acceptors (Lipinski definition) is 1. The number of amides is 1. The van der Waals surface area contributed by atoms with Gasteiger partial charge < -0.3 is 5.32 Å². The molecule has 0 bridgehead atoms. The molecule has 2 rings (SSSR count). The van der Waals surface area contributed by atoms with E-state index in [1.165, 1.54) is 33.4 Å². The van der Waals surface area contributed by atoms with Crippen LogP contribution < -0.4 is 5.32 Å². The van der Waals surface area contributed by atoms with Crippen molar-refractivity contribution in [1.29, 1.82) is 0 Å². The molecule has 25 heavy (non-hydrogen) atoms. The van der Waals surface area contributed by atoms with E-state index < -0.39 is 0 Å². The van der Waals surface area contributed by atoms with Crippen molar-refractivity contribution in [2.24, 2.45) is 0 Å². The number of aryl methyl sites for hydroxylation is 1. The van der Waals surface area contributed by atoms with Crippen LogP contribution in [0.2, 0.25) is 0 Å². The molecule has 2 heteroatoms. The van der Waals surface area contributed by atoms with Crippen LogP contribution in [0, 0.1) is 41.5 Å². The molecule has 0 radical (unpaired) electrons. The Labute approximate surface area is 153 Å². The summed E-state index contributed by atoms with van der Waals surface area (Å²) in [7, 11) is 1.66. The van der Waals surface area contributed by atoms with E-state index in [1.54, 1.807) is 7.05 Å². The van der Waals surface area contributed by atoms with Crippen molar-refractivity contribution in [2.45, 2.75) is 49.0 Å². The summed E-state index contributed by atoms with van der Waals surface area (Å²) in [5.74, 6) is -0.0564. The van der Waals surface area contributed by atoms with Crippen LogP contribution in [0.1, 0.15) is 62.3 Å². The van der Waals surface area contributed by atoms with Gasteiger partial charge >= 0.3 is 0 Å². The van der Waals surface area contributed by atoms with Gasteiger partial charge in [-0.1, -0.05) is 25.6 Å². The molecule has 0 aliphatic rings. The highest BCUT2D eigenvalue weighted by atomic mass is 16.1. The zero-order valence-electron chi connectivity index (χ0n) is 15.8. The van der Waals surface area contributed by atoms with Gasteiger partial charge in [0.2, 0.25) is 0 Å². The highest BCUT2D eigenvalue weighted by molar-refractivity contribution is 5.95. The number of benzene rings is 2. The fourth-order valence-corrected chi connectivity index (χ4v) is 3.06. The van der Waals surface area contributed by atoms with Gasteiger partial charge in [0.1, 0.15) is 0 Å². The van der Waals surface area contributed by atoms with Gasteiger partial charge in [0, 0.05) is 12.6 Å². The van der Waals surface area contributed by atoms with Crippen LogP contribution in [-0.4, -0.2) is 13.0 Å². The van der Waals surface area contributed by atoms with E-state index in [0.717, 1.165) is 11.1 Å². The zero-order chi connectivity index (χ0) is 18.0. The molecule has 0 aromatic heterocycles. The third-order valence-electron chi connectivity index (χ3n) is 5.26. The zero-order valence-corrected chi connectivity index (χ0v) is 15.8. The number of hydrogen-bond donors (Lipinski definition) is 1. The molecule has 0 unspecified atom stereocenters. The summed E-state index contributed by atoms with van der Waals surface area (Å²) in [6.07, 6.45) is 4.30. The average Bonchev–Trinajstić information content (AvgIpc) is 2.58. The average molecular weight is 338 g/mol. The van der Waals surface area contributed by atoms with Gasteiger partial charge in [0.15, 0.2) is 0 Å². The van der Waals surface area contributed by atoms with Crippen molar-refractivity contribution >= 4 is 18.1 Å². The SMILES string of the molecule is C.CNC(=O)c1ccc(C)c(/C=C/c2c(C)c(C)c(C)c(C)c2C)c1. The summed E-state index contributed by atoms with van der Waals surface area (Å²) >= 11 is 0. The summed E-state index contributed by atoms with van der Waals surface area (Å²) in [6, 6.07) is 5.81. The van der Waals surface area contributed by atoms with Gasteiger partial charge in [-0.2, -0.15) is 0 Å². The van der Waals surface area contributed by atoms with Crippen LogP contribution in [0.25, 0.3) is 12.2 Å². The highest BCUT2D eigenvalue weighted by Gasteiger charge is 2.10. The van der Waals surface area contributed by atoms with Crippen molar-refractivity contribution in [1.82, 2.24) is 5.32 Å². The Balaban J connectivity index is 0.00000312. The largest absolute Gasteiger partial charge is 0.355 e. The molecule has 0 aliphatic heterocycles. The second-order valence-corrected chi connectivity index (χ2v) is 6.52. The third kappa shape index (κ3) is 4.01. The van der Waals surface area contributed by atoms with Gasteiger partial charge in [0.05, 0.1) is 0 Å². The molecule has 1 N–H and O–H groups in total. The van der Waals surface area contributed by atoms with Gasteiger partial charge in [-0.05, 0) is 98.2 Å². The molecule has 0 saturated carbocycles. The molecule has 134 valence electrons. The summed E-state index contributed by atoms with van der Waals surface area (Å²) < 4.78 is 0. The minimum absolute atomic E-state index is 0. The Hall–Kier alpha value is -2.35. The molecule has 2 aromatic carbocycles. The maximum Gasteiger partial charge on any atom is 0.251 e. The minimum Gasteiger partial charge on any atom is -0.355 e. The second kappa shape index (κ2) is 8.15. The Morgan fingerprint density at radius 1 is 0.840 bits per heavy atom. The van der Waals surface area contributed by atoms with Crippen LogP contribution in [0.15, 0.2) is 18.2 Å². The molecule has 1 amide bonds. The van der Waals surface area contributed by atoms with Crippen LogP contribution in [0.5, 0.6) is 0 Å². The topological polar surface area (TPSA) is 29.1 Å². The molecule has 0 saturated heterocycles. The summed E-state index contributed by atoms with van der Waals surface area (Å²) in [5, 5.41) is 2.68. The van der Waals surface area contributed by atoms with Crippen molar-refractivity contribution in [3.8, 4) is 0 Å². The van der Waals surface area contributed by atoms with Gasteiger partial charge in [0.25, 0.3) is 5.91 Å². The lowest BCUT2D eigenvalue weighted by atomic mass is 9.89. The number of nitrogens with one attached hydrogen (secondary N) is 1. The minimum atomic E-state index is -0.0564. The van der Waals surface area contributed by atoms with E-state index in [0.29, 0.717) is 5.56 Å². The molecule has 0 aliphatic carbocycles. The van der Waals surface area contributed by atoms with Crippen molar-refractivity contribution < 1.29 is 4.79 Å². The predicted molar refractivity (Wildman–Crippen MR) is 110 cm³/mol. The van der Waals surface area contributed by atoms with Crippen molar-refractivity contribution in [3.63, 3.8) is 0 Å². The van der Waals surface area contributed by atoms with Crippen molar-refractivity contribution in [2.75, 3.05) is 7.05 Å². The molecule has 0 atom stereocenters. The number of carbonyl (C=O) groups is 1. The van der Waals surface area contributed by atoms with E-state index >= 15 is 0 Å². The Kier molecular flexibility index (Phi) is 6.75. The van der Waals surface area contributed by atoms with E-state index in [4.69, 9.17) is 0 Å². The Bertz CT molecular complexity index is 799. The monoisotopic (exact) mass is 337 g/mol. The molecule has 2 aromatic rings. The quantitative estimate of drug-likeness (QED) is 0.715.